The van der Waals surface area contributed by atoms with Gasteiger partial charge in [0, 0.05) is 95.6 Å². The number of Topliss-reactive ketones (excluding diaryl/α,β-unsaturated/α-hetero) is 2. The third kappa shape index (κ3) is 18.7. The summed E-state index contributed by atoms with van der Waals surface area (Å²) in [5.74, 6) is 1.02. The zero-order valence-electron chi connectivity index (χ0n) is 23.2. The summed E-state index contributed by atoms with van der Waals surface area (Å²) >= 11 is 0. The van der Waals surface area contributed by atoms with Crippen molar-refractivity contribution in [2.24, 2.45) is 0 Å². The third-order valence-corrected chi connectivity index (χ3v) is 9.36. The van der Waals surface area contributed by atoms with Crippen LogP contribution in [0.15, 0.2) is 0 Å². The molecule has 1 rings (SSSR count). The van der Waals surface area contributed by atoms with E-state index in [1.165, 1.54) is 0 Å². The van der Waals surface area contributed by atoms with Crippen LogP contribution in [0.1, 0.15) is 86.0 Å². The van der Waals surface area contributed by atoms with Crippen molar-refractivity contribution < 1.29 is 66.4 Å². The van der Waals surface area contributed by atoms with Crippen molar-refractivity contribution in [1.82, 2.24) is 4.90 Å². The van der Waals surface area contributed by atoms with Crippen LogP contribution >= 0.6 is 21.6 Å². The first-order valence-corrected chi connectivity index (χ1v) is 15.5. The molecule has 0 aromatic rings. The van der Waals surface area contributed by atoms with E-state index in [1.807, 2.05) is 13.8 Å². The molecule has 0 aromatic carbocycles. The van der Waals surface area contributed by atoms with Crippen molar-refractivity contribution in [1.29, 1.82) is 0 Å². The number of ketones is 2. The van der Waals surface area contributed by atoms with Crippen molar-refractivity contribution in [3.05, 3.63) is 0 Å². The molecule has 2 atom stereocenters. The number of nitrogens with zero attached hydrogens (tertiary/aromatic N) is 1. The average molecular weight is 655 g/mol. The summed E-state index contributed by atoms with van der Waals surface area (Å²) in [6.45, 7) is 8.88. The van der Waals surface area contributed by atoms with E-state index in [2.05, 4.69) is 6.92 Å². The van der Waals surface area contributed by atoms with Crippen LogP contribution in [-0.2, 0) is 61.3 Å². The molecule has 0 aliphatic carbocycles. The van der Waals surface area contributed by atoms with Gasteiger partial charge in [-0.1, -0.05) is 42.4 Å². The number of likely N-dealkylation sites (tertiary alicyclic amines) is 1. The van der Waals surface area contributed by atoms with Gasteiger partial charge in [0.25, 0.3) is 0 Å². The van der Waals surface area contributed by atoms with Gasteiger partial charge in [-0.25, -0.2) is 0 Å². The van der Waals surface area contributed by atoms with Crippen LogP contribution in [0.3, 0.4) is 0 Å². The van der Waals surface area contributed by atoms with Gasteiger partial charge in [-0.2, -0.15) is 0 Å². The number of amides is 1. The molecule has 38 heavy (non-hydrogen) atoms. The molecule has 1 heterocycles. The fourth-order valence-electron chi connectivity index (χ4n) is 3.91. The molecule has 0 spiro atoms. The largest absolute Gasteiger partial charge is 0.394 e. The van der Waals surface area contributed by atoms with Gasteiger partial charge in [-0.05, 0) is 33.1 Å². The van der Waals surface area contributed by atoms with E-state index in [9.17, 15) is 19.5 Å². The van der Waals surface area contributed by atoms with E-state index >= 15 is 0 Å². The van der Waals surface area contributed by atoms with Crippen molar-refractivity contribution in [3.8, 4) is 0 Å². The fourth-order valence-corrected chi connectivity index (χ4v) is 6.54. The Morgan fingerprint density at radius 3 is 2.29 bits per heavy atom. The van der Waals surface area contributed by atoms with E-state index in [-0.39, 0.29) is 94.0 Å². The number of ether oxygens (including phenoxy) is 3. The van der Waals surface area contributed by atoms with Gasteiger partial charge in [0.2, 0.25) is 5.91 Å². The topological polar surface area (TPSA) is 102 Å². The monoisotopic (exact) mass is 654 g/mol. The van der Waals surface area contributed by atoms with Crippen LogP contribution in [-0.4, -0.2) is 96.8 Å². The minimum atomic E-state index is -0.246. The van der Waals surface area contributed by atoms with Gasteiger partial charge in [-0.15, -0.1) is 0 Å². The molecular formula is C27H51NO7S2Y. The Labute approximate surface area is 264 Å². The molecule has 1 radical (unpaired) electrons. The first-order chi connectivity index (χ1) is 17.2. The number of unbranched alkanes of at least 4 members (excludes halogenated alkanes) is 1. The molecule has 1 aliphatic heterocycles. The van der Waals surface area contributed by atoms with Gasteiger partial charge >= 0.3 is 0 Å². The zero-order chi connectivity index (χ0) is 26.8. The smallest absolute Gasteiger partial charge is 0.223 e. The minimum absolute atomic E-state index is 0. The van der Waals surface area contributed by atoms with Crippen molar-refractivity contribution in [3.63, 3.8) is 0 Å². The number of aliphatic hydroxyl groups excluding tert-OH is 1. The van der Waals surface area contributed by atoms with Crippen LogP contribution in [0, 0.1) is 0 Å². The first kappa shape index (κ1) is 40.6. The molecule has 0 bridgehead atoms. The van der Waals surface area contributed by atoms with Gasteiger partial charge in [0.15, 0.2) is 0 Å². The zero-order valence-corrected chi connectivity index (χ0v) is 27.7. The third-order valence-electron chi connectivity index (χ3n) is 5.99. The van der Waals surface area contributed by atoms with E-state index < -0.39 is 0 Å². The number of hydrogen-bond donors (Lipinski definition) is 1. The van der Waals surface area contributed by atoms with Crippen molar-refractivity contribution in [2.45, 2.75) is 103 Å². The van der Waals surface area contributed by atoms with E-state index in [0.29, 0.717) is 52.0 Å². The normalized spacial score (nSPS) is 17.1. The Morgan fingerprint density at radius 1 is 0.974 bits per heavy atom. The quantitative estimate of drug-likeness (QED) is 0.132. The molecule has 1 amide bonds. The van der Waals surface area contributed by atoms with Gasteiger partial charge in [-0.3, -0.25) is 14.4 Å². The molecule has 1 aliphatic rings. The minimum Gasteiger partial charge on any atom is -0.394 e. The molecule has 0 saturated carbocycles. The first-order valence-electron chi connectivity index (χ1n) is 13.1. The van der Waals surface area contributed by atoms with E-state index in [4.69, 9.17) is 14.2 Å². The summed E-state index contributed by atoms with van der Waals surface area (Å²) in [4.78, 5) is 38.7. The molecule has 11 heteroatoms. The Kier molecular flexibility index (Phi) is 25.7. The summed E-state index contributed by atoms with van der Waals surface area (Å²) in [7, 11) is 4.95. The van der Waals surface area contributed by atoms with Crippen LogP contribution in [0.5, 0.6) is 0 Å². The van der Waals surface area contributed by atoms with Crippen molar-refractivity contribution >= 4 is 39.1 Å². The van der Waals surface area contributed by atoms with Crippen LogP contribution in [0.25, 0.3) is 0 Å². The fraction of sp³-hybridized carbons (Fsp3) is 0.889. The molecule has 8 nitrogen and oxygen atoms in total. The summed E-state index contributed by atoms with van der Waals surface area (Å²) in [5, 5.41) is 9.52. The summed E-state index contributed by atoms with van der Waals surface area (Å²) in [6, 6.07) is -0.227. The Hall–Kier alpha value is 0.454. The second-order valence-electron chi connectivity index (χ2n) is 9.83. The number of carbonyl (C=O) groups excluding carboxylic acids is 3. The average Bonchev–Trinajstić information content (AvgIpc) is 3.27. The summed E-state index contributed by atoms with van der Waals surface area (Å²) in [5.41, 5.74) is 0. The molecule has 0 aromatic heterocycles. The van der Waals surface area contributed by atoms with Gasteiger partial charge < -0.3 is 24.2 Å². The van der Waals surface area contributed by atoms with Crippen LogP contribution in [0.4, 0.5) is 0 Å². The molecule has 1 saturated heterocycles. The molecule has 1 N–H and O–H groups in total. The second-order valence-corrected chi connectivity index (χ2v) is 12.9. The predicted octanol–water partition coefficient (Wildman–Crippen LogP) is 4.70. The molecular weight excluding hydrogens is 603 g/mol. The maximum Gasteiger partial charge on any atom is 0.223 e. The Balaban J connectivity index is 0. The van der Waals surface area contributed by atoms with E-state index in [0.717, 1.165) is 31.6 Å². The Morgan fingerprint density at radius 2 is 1.66 bits per heavy atom. The maximum absolute atomic E-state index is 12.5. The number of rotatable bonds is 22. The number of hydrogen-bond acceptors (Lipinski definition) is 9. The number of aliphatic hydroxyl groups is 1. The summed E-state index contributed by atoms with van der Waals surface area (Å²) in [6.07, 6.45) is 5.30. The van der Waals surface area contributed by atoms with Crippen LogP contribution < -0.4 is 0 Å². The number of methoxy groups -OCH3 is 1. The van der Waals surface area contributed by atoms with Crippen molar-refractivity contribution in [2.75, 3.05) is 52.4 Å². The molecule has 1 fully saturated rings. The molecule has 0 unspecified atom stereocenters. The van der Waals surface area contributed by atoms with E-state index in [1.54, 1.807) is 33.6 Å². The predicted molar refractivity (Wildman–Crippen MR) is 153 cm³/mol. The SMILES string of the molecule is C.CCCCOCCOCCC(=O)CCCSSC(C)(C)CC(=O)CCC(=O)N1C[C@H](OC)C[C@H]1CO.[Y]. The maximum atomic E-state index is 12.5. The van der Waals surface area contributed by atoms with Gasteiger partial charge in [0.1, 0.15) is 11.6 Å². The Bertz CT molecular complexity index is 655. The summed E-state index contributed by atoms with van der Waals surface area (Å²) < 4.78 is 15.9. The number of carbonyl (C=O) groups is 3. The second kappa shape index (κ2) is 24.1. The van der Waals surface area contributed by atoms with Crippen LogP contribution in [0.2, 0.25) is 0 Å². The standard InChI is InChI=1S/C26H47NO7S2.CH4.Y/c1-5-6-12-33-14-15-34-13-11-22(29)8-7-16-35-36-26(2,3)18-23(30)9-10-25(31)27-19-24(32-4)17-21(27)20-28;;/h21,24,28H,5-20H2,1-4H3;1H4;/t21-,24+;;/m0../s1. The molecule has 221 valence electrons. The van der Waals surface area contributed by atoms with Gasteiger partial charge in [0.05, 0.1) is 38.6 Å².